The highest BCUT2D eigenvalue weighted by molar-refractivity contribution is 6.34. The Balaban J connectivity index is 2.23. The van der Waals surface area contributed by atoms with E-state index in [1.54, 1.807) is 41.5 Å². The van der Waals surface area contributed by atoms with Crippen LogP contribution in [0.15, 0.2) is 17.3 Å². The number of amidine groups is 1. The average molecular weight is 432 g/mol. The summed E-state index contributed by atoms with van der Waals surface area (Å²) in [7, 11) is 0. The van der Waals surface area contributed by atoms with Gasteiger partial charge in [0.2, 0.25) is 0 Å². The topological polar surface area (TPSA) is 107 Å². The van der Waals surface area contributed by atoms with Crippen LogP contribution in [-0.2, 0) is 9.47 Å². The number of oxime groups is 1. The summed E-state index contributed by atoms with van der Waals surface area (Å²) in [5.74, 6) is -1.20. The van der Waals surface area contributed by atoms with Crippen LogP contribution in [0.2, 0.25) is 5.02 Å². The molecule has 0 aromatic heterocycles. The molecule has 1 aromatic rings. The van der Waals surface area contributed by atoms with E-state index in [0.29, 0.717) is 0 Å². The zero-order chi connectivity index (χ0) is 22.1. The molecule has 0 unspecified atom stereocenters. The first-order valence-electron chi connectivity index (χ1n) is 9.06. The molecule has 0 radical (unpaired) electrons. The van der Waals surface area contributed by atoms with Gasteiger partial charge < -0.3 is 25.2 Å². The van der Waals surface area contributed by atoms with E-state index in [1.807, 2.05) is 0 Å². The van der Waals surface area contributed by atoms with Gasteiger partial charge >= 0.3 is 6.09 Å². The minimum atomic E-state index is -0.929. The summed E-state index contributed by atoms with van der Waals surface area (Å²) < 4.78 is 31.4. The van der Waals surface area contributed by atoms with Crippen molar-refractivity contribution in [3.8, 4) is 5.75 Å². The SMILES string of the molecule is C[C@H]1OC(C)(C)N(C(=O)OC(C)(C)C)[C@H]1COc1cc(Cl)c(/C(N)=N/O)cc1F. The van der Waals surface area contributed by atoms with Gasteiger partial charge in [0.25, 0.3) is 0 Å². The molecule has 0 spiro atoms. The molecule has 1 heterocycles. The lowest BCUT2D eigenvalue weighted by molar-refractivity contribution is -0.0760. The van der Waals surface area contributed by atoms with Crippen molar-refractivity contribution in [2.24, 2.45) is 10.9 Å². The third kappa shape index (κ3) is 5.22. The third-order valence-electron chi connectivity index (χ3n) is 4.33. The number of halogens is 2. The maximum Gasteiger partial charge on any atom is 0.413 e. The van der Waals surface area contributed by atoms with Crippen LogP contribution in [0.1, 0.15) is 47.1 Å². The molecule has 2 rings (SSSR count). The number of benzene rings is 1. The Labute approximate surface area is 174 Å². The minimum Gasteiger partial charge on any atom is -0.488 e. The first-order chi connectivity index (χ1) is 13.3. The molecule has 1 amide bonds. The number of ether oxygens (including phenoxy) is 3. The van der Waals surface area contributed by atoms with E-state index in [-0.39, 0.29) is 34.9 Å². The average Bonchev–Trinajstić information content (AvgIpc) is 2.81. The summed E-state index contributed by atoms with van der Waals surface area (Å²) >= 11 is 6.07. The lowest BCUT2D eigenvalue weighted by atomic mass is 10.1. The lowest BCUT2D eigenvalue weighted by Crippen LogP contribution is -2.52. The maximum atomic E-state index is 14.4. The molecule has 1 saturated heterocycles. The van der Waals surface area contributed by atoms with Crippen molar-refractivity contribution in [1.29, 1.82) is 0 Å². The van der Waals surface area contributed by atoms with Crippen molar-refractivity contribution in [3.05, 3.63) is 28.5 Å². The first-order valence-corrected chi connectivity index (χ1v) is 9.44. The monoisotopic (exact) mass is 431 g/mol. The van der Waals surface area contributed by atoms with Crippen LogP contribution in [0.3, 0.4) is 0 Å². The number of carbonyl (C=O) groups excluding carboxylic acids is 1. The molecule has 2 atom stereocenters. The quantitative estimate of drug-likeness (QED) is 0.325. The number of amides is 1. The molecule has 29 heavy (non-hydrogen) atoms. The van der Waals surface area contributed by atoms with Gasteiger partial charge in [0.1, 0.15) is 17.9 Å². The van der Waals surface area contributed by atoms with Crippen molar-refractivity contribution >= 4 is 23.5 Å². The summed E-state index contributed by atoms with van der Waals surface area (Å²) in [5.41, 5.74) is 3.89. The highest BCUT2D eigenvalue weighted by atomic mass is 35.5. The zero-order valence-corrected chi connectivity index (χ0v) is 18.1. The summed E-state index contributed by atoms with van der Waals surface area (Å²) in [6, 6.07) is 1.71. The molecule has 8 nitrogen and oxygen atoms in total. The van der Waals surface area contributed by atoms with Gasteiger partial charge in [-0.15, -0.1) is 0 Å². The first kappa shape index (κ1) is 23.0. The normalized spacial score (nSPS) is 21.9. The van der Waals surface area contributed by atoms with Gasteiger partial charge in [-0.25, -0.2) is 9.18 Å². The molecule has 3 N–H and O–H groups in total. The highest BCUT2D eigenvalue weighted by Gasteiger charge is 2.50. The predicted octanol–water partition coefficient (Wildman–Crippen LogP) is 3.71. The van der Waals surface area contributed by atoms with E-state index < -0.39 is 29.3 Å². The van der Waals surface area contributed by atoms with Crippen LogP contribution in [0.5, 0.6) is 5.75 Å². The fourth-order valence-corrected chi connectivity index (χ4v) is 3.39. The van der Waals surface area contributed by atoms with Gasteiger partial charge in [0.15, 0.2) is 17.4 Å². The Kier molecular flexibility index (Phi) is 6.54. The molecule has 1 aromatic carbocycles. The molecular formula is C19H27ClFN3O5. The molecule has 162 valence electrons. The number of nitrogens with two attached hydrogens (primary N) is 1. The maximum absolute atomic E-state index is 14.4. The van der Waals surface area contributed by atoms with Gasteiger partial charge in [-0.2, -0.15) is 0 Å². The molecule has 0 saturated carbocycles. The van der Waals surface area contributed by atoms with Gasteiger partial charge in [-0.1, -0.05) is 16.8 Å². The van der Waals surface area contributed by atoms with Crippen LogP contribution >= 0.6 is 11.6 Å². The second kappa shape index (κ2) is 8.23. The highest BCUT2D eigenvalue weighted by Crippen LogP contribution is 2.34. The number of hydrogen-bond donors (Lipinski definition) is 2. The Morgan fingerprint density at radius 1 is 1.45 bits per heavy atom. The van der Waals surface area contributed by atoms with Crippen molar-refractivity contribution in [2.45, 2.75) is 65.0 Å². The zero-order valence-electron chi connectivity index (χ0n) is 17.3. The van der Waals surface area contributed by atoms with E-state index in [4.69, 9.17) is 36.8 Å². The van der Waals surface area contributed by atoms with Crippen LogP contribution in [0.4, 0.5) is 9.18 Å². The Bertz CT molecular complexity index is 810. The second-order valence-corrected chi connectivity index (χ2v) is 8.65. The predicted molar refractivity (Wildman–Crippen MR) is 106 cm³/mol. The van der Waals surface area contributed by atoms with Gasteiger partial charge in [0.05, 0.1) is 17.2 Å². The van der Waals surface area contributed by atoms with Gasteiger partial charge in [0, 0.05) is 11.6 Å². The van der Waals surface area contributed by atoms with Crippen molar-refractivity contribution in [1.82, 2.24) is 4.90 Å². The Morgan fingerprint density at radius 2 is 2.07 bits per heavy atom. The fourth-order valence-electron chi connectivity index (χ4n) is 3.14. The minimum absolute atomic E-state index is 0.0353. The fraction of sp³-hybridized carbons (Fsp3) is 0.579. The smallest absolute Gasteiger partial charge is 0.413 e. The Hall–Kier alpha value is -2.26. The number of carbonyl (C=O) groups is 1. The lowest BCUT2D eigenvalue weighted by Gasteiger charge is -2.35. The van der Waals surface area contributed by atoms with Crippen LogP contribution in [-0.4, -0.2) is 52.1 Å². The van der Waals surface area contributed by atoms with E-state index in [0.717, 1.165) is 6.07 Å². The van der Waals surface area contributed by atoms with Crippen LogP contribution in [0, 0.1) is 5.82 Å². The third-order valence-corrected chi connectivity index (χ3v) is 4.65. The number of hydrogen-bond acceptors (Lipinski definition) is 6. The van der Waals surface area contributed by atoms with Crippen molar-refractivity contribution < 1.29 is 28.6 Å². The number of rotatable bonds is 4. The molecule has 1 aliphatic rings. The van der Waals surface area contributed by atoms with Crippen molar-refractivity contribution in [3.63, 3.8) is 0 Å². The summed E-state index contributed by atoms with van der Waals surface area (Å²) in [5, 5.41) is 11.6. The molecule has 1 fully saturated rings. The summed E-state index contributed by atoms with van der Waals surface area (Å²) in [6.07, 6.45) is -0.936. The van der Waals surface area contributed by atoms with Gasteiger partial charge in [-0.05, 0) is 47.6 Å². The molecule has 0 bridgehead atoms. The van der Waals surface area contributed by atoms with E-state index in [1.165, 1.54) is 11.0 Å². The molecule has 0 aliphatic carbocycles. The van der Waals surface area contributed by atoms with Gasteiger partial charge in [-0.3, -0.25) is 4.90 Å². The van der Waals surface area contributed by atoms with E-state index in [9.17, 15) is 9.18 Å². The second-order valence-electron chi connectivity index (χ2n) is 8.25. The molecule has 10 heteroatoms. The summed E-state index contributed by atoms with van der Waals surface area (Å²) in [4.78, 5) is 14.2. The van der Waals surface area contributed by atoms with Crippen molar-refractivity contribution in [2.75, 3.05) is 6.61 Å². The summed E-state index contributed by atoms with van der Waals surface area (Å²) in [6.45, 7) is 10.5. The van der Waals surface area contributed by atoms with Crippen LogP contribution < -0.4 is 10.5 Å². The van der Waals surface area contributed by atoms with E-state index >= 15 is 0 Å². The largest absolute Gasteiger partial charge is 0.488 e. The standard InChI is InChI=1S/C19H27ClFN3O5/c1-10-14(24(19(5,6)28-10)17(25)29-18(2,3)4)9-27-15-8-12(20)11(7-13(15)21)16(22)23-26/h7-8,10,14,26H,9H2,1-6H3,(H2,22,23)/t10-,14+/m1/s1. The Morgan fingerprint density at radius 3 is 2.62 bits per heavy atom. The number of nitrogens with zero attached hydrogens (tertiary/aromatic N) is 2. The van der Waals surface area contributed by atoms with E-state index in [2.05, 4.69) is 5.16 Å². The van der Waals surface area contributed by atoms with Crippen LogP contribution in [0.25, 0.3) is 0 Å². The molecule has 1 aliphatic heterocycles. The molecular weight excluding hydrogens is 405 g/mol.